The number of allylic oxidation sites excluding steroid dienone is 2. The van der Waals surface area contributed by atoms with Crippen molar-refractivity contribution in [3.8, 4) is 12.1 Å². The van der Waals surface area contributed by atoms with E-state index >= 15 is 0 Å². The van der Waals surface area contributed by atoms with E-state index in [4.69, 9.17) is 10.5 Å². The molecule has 0 aromatic heterocycles. The van der Waals surface area contributed by atoms with Crippen LogP contribution in [0.5, 0.6) is 0 Å². The summed E-state index contributed by atoms with van der Waals surface area (Å²) in [6.45, 7) is 0. The molecule has 2 nitrogen and oxygen atoms in total. The number of nitrogens with zero attached hydrogens (tertiary/aromatic N) is 2. The first kappa shape index (κ1) is 9.68. The highest BCUT2D eigenvalue weighted by Gasteiger charge is 2.01. The summed E-state index contributed by atoms with van der Waals surface area (Å²) in [5.74, 6) is 0. The van der Waals surface area contributed by atoms with Gasteiger partial charge in [-0.3, -0.25) is 0 Å². The van der Waals surface area contributed by atoms with Gasteiger partial charge in [-0.1, -0.05) is 31.9 Å². The summed E-state index contributed by atoms with van der Waals surface area (Å²) in [5.41, 5.74) is 0.971. The Morgan fingerprint density at radius 2 is 1.30 bits per heavy atom. The van der Waals surface area contributed by atoms with E-state index in [1.165, 1.54) is 0 Å². The Bertz CT molecular complexity index is 195. The quantitative estimate of drug-likeness (QED) is 0.566. The van der Waals surface area contributed by atoms with Gasteiger partial charge in [-0.25, -0.2) is 0 Å². The fourth-order valence-corrected chi connectivity index (χ4v) is 1.28. The van der Waals surface area contributed by atoms with Crippen LogP contribution in [0.25, 0.3) is 0 Å². The largest absolute Gasteiger partial charge is 0.193 e. The highest BCUT2D eigenvalue weighted by atomic mass is 79.9. The van der Waals surface area contributed by atoms with E-state index in [1.807, 2.05) is 12.1 Å². The van der Waals surface area contributed by atoms with Crippen molar-refractivity contribution < 1.29 is 0 Å². The highest BCUT2D eigenvalue weighted by molar-refractivity contribution is 9.09. The van der Waals surface area contributed by atoms with Crippen LogP contribution in [-0.2, 0) is 0 Å². The Labute approximate surface area is 76.4 Å². The van der Waals surface area contributed by atoms with Crippen LogP contribution in [-0.4, -0.2) is 10.7 Å². The van der Waals surface area contributed by atoms with Crippen LogP contribution in [0.1, 0.15) is 0 Å². The third kappa shape index (κ3) is 2.51. The van der Waals surface area contributed by atoms with Gasteiger partial charge in [0.15, 0.2) is 0 Å². The van der Waals surface area contributed by atoms with Crippen LogP contribution in [0.3, 0.4) is 0 Å². The summed E-state index contributed by atoms with van der Waals surface area (Å²) in [7, 11) is 0. The molecule has 0 rings (SSSR count). The first-order chi connectivity index (χ1) is 4.79. The molecule has 0 aromatic carbocycles. The minimum atomic E-state index is 0.442. The SMILES string of the molecule is N#C/C(CBr)=C(/C#N)CBr. The lowest BCUT2D eigenvalue weighted by Crippen LogP contribution is -1.89. The Morgan fingerprint density at radius 3 is 1.40 bits per heavy atom. The molecule has 0 aliphatic rings. The van der Waals surface area contributed by atoms with Crippen molar-refractivity contribution in [2.75, 3.05) is 10.7 Å². The molecule has 0 fully saturated rings. The van der Waals surface area contributed by atoms with Crippen molar-refractivity contribution in [1.29, 1.82) is 10.5 Å². The van der Waals surface area contributed by atoms with E-state index in [-0.39, 0.29) is 0 Å². The number of halogens is 2. The molecular weight excluding hydrogens is 260 g/mol. The second-order valence-corrected chi connectivity index (χ2v) is 2.57. The number of rotatable bonds is 2. The lowest BCUT2D eigenvalue weighted by atomic mass is 10.2. The van der Waals surface area contributed by atoms with E-state index < -0.39 is 0 Å². The van der Waals surface area contributed by atoms with Crippen LogP contribution in [0.4, 0.5) is 0 Å². The van der Waals surface area contributed by atoms with Gasteiger partial charge in [0.05, 0.1) is 23.3 Å². The van der Waals surface area contributed by atoms with Crippen molar-refractivity contribution in [3.63, 3.8) is 0 Å². The smallest absolute Gasteiger partial charge is 0.0966 e. The first-order valence-electron chi connectivity index (χ1n) is 2.44. The van der Waals surface area contributed by atoms with E-state index in [2.05, 4.69) is 31.9 Å². The highest BCUT2D eigenvalue weighted by Crippen LogP contribution is 2.08. The van der Waals surface area contributed by atoms with E-state index in [9.17, 15) is 0 Å². The van der Waals surface area contributed by atoms with Gasteiger partial charge in [-0.05, 0) is 0 Å². The van der Waals surface area contributed by atoms with Crippen molar-refractivity contribution in [1.82, 2.24) is 0 Å². The van der Waals surface area contributed by atoms with Crippen molar-refractivity contribution in [2.45, 2.75) is 0 Å². The fourth-order valence-electron chi connectivity index (χ4n) is 0.356. The van der Waals surface area contributed by atoms with Crippen molar-refractivity contribution in [2.24, 2.45) is 0 Å². The van der Waals surface area contributed by atoms with Crippen LogP contribution >= 0.6 is 31.9 Å². The van der Waals surface area contributed by atoms with Gasteiger partial charge in [-0.2, -0.15) is 10.5 Å². The molecule has 0 spiro atoms. The van der Waals surface area contributed by atoms with Gasteiger partial charge in [-0.15, -0.1) is 0 Å². The van der Waals surface area contributed by atoms with Crippen molar-refractivity contribution in [3.05, 3.63) is 11.1 Å². The number of hydrogen-bond acceptors (Lipinski definition) is 2. The molecular formula is C6H4Br2N2. The average molecular weight is 264 g/mol. The molecule has 0 unspecified atom stereocenters. The molecule has 0 saturated heterocycles. The molecule has 0 heterocycles. The molecule has 0 bridgehead atoms. The molecule has 4 heteroatoms. The first-order valence-corrected chi connectivity index (χ1v) is 4.68. The summed E-state index contributed by atoms with van der Waals surface area (Å²) in [6, 6.07) is 3.87. The Kier molecular flexibility index (Phi) is 5.29. The summed E-state index contributed by atoms with van der Waals surface area (Å²) in [6.07, 6.45) is 0. The summed E-state index contributed by atoms with van der Waals surface area (Å²) in [5, 5.41) is 17.8. The van der Waals surface area contributed by atoms with E-state index in [0.29, 0.717) is 21.8 Å². The summed E-state index contributed by atoms with van der Waals surface area (Å²) in [4.78, 5) is 0. The minimum Gasteiger partial charge on any atom is -0.193 e. The maximum absolute atomic E-state index is 8.45. The minimum absolute atomic E-state index is 0.442. The van der Waals surface area contributed by atoms with Crippen molar-refractivity contribution >= 4 is 31.9 Å². The van der Waals surface area contributed by atoms with Gasteiger partial charge < -0.3 is 0 Å². The molecule has 0 N–H and O–H groups in total. The monoisotopic (exact) mass is 262 g/mol. The van der Waals surface area contributed by atoms with Gasteiger partial charge in [0.25, 0.3) is 0 Å². The van der Waals surface area contributed by atoms with Gasteiger partial charge in [0.2, 0.25) is 0 Å². The number of alkyl halides is 2. The standard InChI is InChI=1S/C6H4Br2N2/c7-1-5(3-9)6(2-8)4-10/h1-2H2/b6-5+. The third-order valence-electron chi connectivity index (χ3n) is 0.901. The third-order valence-corrected chi connectivity index (χ3v) is 2.02. The normalized spacial score (nSPS) is 11.2. The Balaban J connectivity index is 4.62. The van der Waals surface area contributed by atoms with Crippen LogP contribution < -0.4 is 0 Å². The number of nitriles is 2. The predicted molar refractivity (Wildman–Crippen MR) is 45.8 cm³/mol. The van der Waals surface area contributed by atoms with Gasteiger partial charge in [0.1, 0.15) is 0 Å². The lowest BCUT2D eigenvalue weighted by molar-refractivity contribution is 1.37. The molecule has 52 valence electrons. The van der Waals surface area contributed by atoms with Crippen LogP contribution in [0.15, 0.2) is 11.1 Å². The zero-order valence-corrected chi connectivity index (χ0v) is 8.24. The Morgan fingerprint density at radius 1 is 1.00 bits per heavy atom. The topological polar surface area (TPSA) is 47.6 Å². The number of hydrogen-bond donors (Lipinski definition) is 0. The lowest BCUT2D eigenvalue weighted by Gasteiger charge is -1.91. The molecule has 0 amide bonds. The van der Waals surface area contributed by atoms with Crippen LogP contribution in [0.2, 0.25) is 0 Å². The average Bonchev–Trinajstić information content (AvgIpc) is 2.00. The van der Waals surface area contributed by atoms with Crippen LogP contribution in [0, 0.1) is 22.7 Å². The zero-order valence-electron chi connectivity index (χ0n) is 5.06. The molecule has 10 heavy (non-hydrogen) atoms. The summed E-state index contributed by atoms with van der Waals surface area (Å²) >= 11 is 6.21. The maximum atomic E-state index is 8.45. The molecule has 0 radical (unpaired) electrons. The maximum Gasteiger partial charge on any atom is 0.0966 e. The second kappa shape index (κ2) is 5.46. The zero-order chi connectivity index (χ0) is 7.98. The fraction of sp³-hybridized carbons (Fsp3) is 0.333. The van der Waals surface area contributed by atoms with E-state index in [0.717, 1.165) is 0 Å². The molecule has 0 saturated carbocycles. The summed E-state index contributed by atoms with van der Waals surface area (Å²) < 4.78 is 0. The van der Waals surface area contributed by atoms with Gasteiger partial charge >= 0.3 is 0 Å². The molecule has 0 aliphatic carbocycles. The molecule has 0 aliphatic heterocycles. The molecule has 0 atom stereocenters. The van der Waals surface area contributed by atoms with Gasteiger partial charge in [0, 0.05) is 10.7 Å². The van der Waals surface area contributed by atoms with E-state index in [1.54, 1.807) is 0 Å². The predicted octanol–water partition coefficient (Wildman–Crippen LogP) is 2.12. The Hall–Kier alpha value is -0.320. The molecule has 0 aromatic rings. The second-order valence-electron chi connectivity index (χ2n) is 1.45.